The van der Waals surface area contributed by atoms with E-state index in [-0.39, 0.29) is 12.5 Å². The Labute approximate surface area is 111 Å². The Hall–Kier alpha value is -2.09. The van der Waals surface area contributed by atoms with E-state index in [9.17, 15) is 13.8 Å². The molecule has 0 bridgehead atoms. The van der Waals surface area contributed by atoms with Crippen LogP contribution < -0.4 is 14.8 Å². The maximum atomic E-state index is 11.5. The minimum Gasteiger partial charge on any atom is -0.481 e. The third-order valence-electron chi connectivity index (χ3n) is 2.23. The minimum atomic E-state index is -1.72. The lowest BCUT2D eigenvalue weighted by atomic mass is 10.3. The van der Waals surface area contributed by atoms with Gasteiger partial charge >= 0.3 is 5.97 Å². The summed E-state index contributed by atoms with van der Waals surface area (Å²) in [6.45, 7) is 0.134. The number of carbonyl (C=O) groups is 2. The molecule has 2 N–H and O–H groups in total. The van der Waals surface area contributed by atoms with Crippen LogP contribution in [-0.2, 0) is 20.4 Å². The van der Waals surface area contributed by atoms with Gasteiger partial charge in [0.1, 0.15) is 11.5 Å². The van der Waals surface area contributed by atoms with Crippen molar-refractivity contribution in [2.45, 2.75) is 0 Å². The summed E-state index contributed by atoms with van der Waals surface area (Å²) in [5.41, 5.74) is 0.474. The Balaban J connectivity index is 1.92. The summed E-state index contributed by atoms with van der Waals surface area (Å²) < 4.78 is 21.5. The largest absolute Gasteiger partial charge is 0.481 e. The number of hydrogen-bond donors (Lipinski definition) is 2. The summed E-state index contributed by atoms with van der Waals surface area (Å²) >= 11 is 0. The maximum absolute atomic E-state index is 11.5. The van der Waals surface area contributed by atoms with Gasteiger partial charge < -0.3 is 19.9 Å². The first-order chi connectivity index (χ1) is 9.04. The van der Waals surface area contributed by atoms with Crippen molar-refractivity contribution in [2.24, 2.45) is 0 Å². The van der Waals surface area contributed by atoms with Crippen LogP contribution in [0.25, 0.3) is 0 Å². The lowest BCUT2D eigenvalue weighted by Crippen LogP contribution is -2.23. The van der Waals surface area contributed by atoms with Crippen molar-refractivity contribution in [3.63, 3.8) is 0 Å². The van der Waals surface area contributed by atoms with E-state index in [2.05, 4.69) is 5.32 Å². The van der Waals surface area contributed by atoms with Gasteiger partial charge in [-0.15, -0.1) is 0 Å². The Morgan fingerprint density at radius 2 is 2.00 bits per heavy atom. The van der Waals surface area contributed by atoms with E-state index in [1.54, 1.807) is 18.2 Å². The van der Waals surface area contributed by atoms with Crippen LogP contribution in [0.15, 0.2) is 18.2 Å². The van der Waals surface area contributed by atoms with Crippen LogP contribution >= 0.6 is 0 Å². The second-order valence-electron chi connectivity index (χ2n) is 3.74. The van der Waals surface area contributed by atoms with Crippen molar-refractivity contribution < 1.29 is 28.4 Å². The van der Waals surface area contributed by atoms with Crippen LogP contribution in [0.4, 0.5) is 5.69 Å². The van der Waals surface area contributed by atoms with Gasteiger partial charge in [-0.1, -0.05) is 0 Å². The topological polar surface area (TPSA) is 102 Å². The van der Waals surface area contributed by atoms with E-state index in [0.717, 1.165) is 0 Å². The number of anilines is 1. The molecular formula is C11H11NO6S. The molecule has 1 unspecified atom stereocenters. The van der Waals surface area contributed by atoms with Gasteiger partial charge in [0.05, 0.1) is 0 Å². The number of carboxylic acid groups (broad SMARTS) is 1. The second kappa shape index (κ2) is 5.70. The van der Waals surface area contributed by atoms with Crippen LogP contribution in [0.3, 0.4) is 0 Å². The minimum absolute atomic E-state index is 0.134. The van der Waals surface area contributed by atoms with Crippen molar-refractivity contribution in [1.82, 2.24) is 0 Å². The molecule has 0 saturated carbocycles. The van der Waals surface area contributed by atoms with Crippen molar-refractivity contribution in [1.29, 1.82) is 0 Å². The molecule has 0 fully saturated rings. The molecule has 0 aromatic heterocycles. The van der Waals surface area contributed by atoms with E-state index < -0.39 is 28.4 Å². The first-order valence-corrected chi connectivity index (χ1v) is 6.79. The zero-order valence-corrected chi connectivity index (χ0v) is 10.6. The average Bonchev–Trinajstić information content (AvgIpc) is 2.74. The van der Waals surface area contributed by atoms with Gasteiger partial charge in [-0.3, -0.25) is 13.8 Å². The van der Waals surface area contributed by atoms with E-state index in [1.807, 2.05) is 0 Å². The highest BCUT2D eigenvalue weighted by molar-refractivity contribution is 7.86. The first-order valence-electron chi connectivity index (χ1n) is 5.31. The number of amides is 1. The predicted molar refractivity (Wildman–Crippen MR) is 66.7 cm³/mol. The third-order valence-corrected chi connectivity index (χ3v) is 3.39. The van der Waals surface area contributed by atoms with E-state index in [4.69, 9.17) is 14.6 Å². The summed E-state index contributed by atoms with van der Waals surface area (Å²) in [4.78, 5) is 21.9. The number of rotatable bonds is 5. The van der Waals surface area contributed by atoms with Crippen molar-refractivity contribution in [3.05, 3.63) is 18.2 Å². The molecule has 0 saturated heterocycles. The molecule has 8 heteroatoms. The number of fused-ring (bicyclic) bond motifs is 1. The fourth-order valence-corrected chi connectivity index (χ4v) is 2.25. The standard InChI is InChI=1S/C11H11NO6S/c13-10(4-19(16)5-11(14)15)12-7-1-2-8-9(3-7)18-6-17-8/h1-3H,4-6H2,(H,12,13)(H,14,15). The van der Waals surface area contributed by atoms with E-state index in [1.165, 1.54) is 0 Å². The number of aliphatic carboxylic acids is 1. The van der Waals surface area contributed by atoms with Crippen molar-refractivity contribution in [2.75, 3.05) is 23.6 Å². The summed E-state index contributed by atoms with van der Waals surface area (Å²) in [5, 5.41) is 11.0. The lowest BCUT2D eigenvalue weighted by Gasteiger charge is -2.05. The number of nitrogens with one attached hydrogen (secondary N) is 1. The van der Waals surface area contributed by atoms with Crippen LogP contribution in [0, 0.1) is 0 Å². The van der Waals surface area contributed by atoms with Crippen LogP contribution in [0.1, 0.15) is 0 Å². The molecule has 1 aliphatic rings. The summed E-state index contributed by atoms with van der Waals surface area (Å²) in [5.74, 6) is -1.51. The van der Waals surface area contributed by atoms with Gasteiger partial charge in [0, 0.05) is 22.6 Å². The quantitative estimate of drug-likeness (QED) is 0.800. The third kappa shape index (κ3) is 3.68. The highest BCUT2D eigenvalue weighted by Crippen LogP contribution is 2.34. The number of ether oxygens (including phenoxy) is 2. The second-order valence-corrected chi connectivity index (χ2v) is 5.20. The molecule has 102 valence electrons. The number of carbonyl (C=O) groups excluding carboxylic acids is 1. The number of carboxylic acids is 1. The van der Waals surface area contributed by atoms with Gasteiger partial charge in [0.15, 0.2) is 11.5 Å². The molecule has 1 aliphatic heterocycles. The van der Waals surface area contributed by atoms with Gasteiger partial charge in [0.25, 0.3) is 0 Å². The smallest absolute Gasteiger partial charge is 0.316 e. The number of hydrogen-bond acceptors (Lipinski definition) is 5. The Bertz CT molecular complexity index is 544. The normalized spacial score (nSPS) is 13.9. The molecule has 19 heavy (non-hydrogen) atoms. The summed E-state index contributed by atoms with van der Waals surface area (Å²) in [6.07, 6.45) is 0. The molecule has 1 heterocycles. The molecule has 1 atom stereocenters. The molecule has 0 radical (unpaired) electrons. The zero-order chi connectivity index (χ0) is 13.8. The lowest BCUT2D eigenvalue weighted by molar-refractivity contribution is -0.133. The Morgan fingerprint density at radius 3 is 2.74 bits per heavy atom. The highest BCUT2D eigenvalue weighted by Gasteiger charge is 2.15. The molecule has 1 aromatic carbocycles. The zero-order valence-electron chi connectivity index (χ0n) is 9.75. The molecular weight excluding hydrogens is 274 g/mol. The van der Waals surface area contributed by atoms with Gasteiger partial charge in [-0.05, 0) is 12.1 Å². The fraction of sp³-hybridized carbons (Fsp3) is 0.273. The van der Waals surface area contributed by atoms with Crippen LogP contribution in [0.2, 0.25) is 0 Å². The Morgan fingerprint density at radius 1 is 1.26 bits per heavy atom. The summed E-state index contributed by atoms with van der Waals surface area (Å²) in [6, 6.07) is 4.85. The van der Waals surface area contributed by atoms with Crippen LogP contribution in [-0.4, -0.2) is 39.5 Å². The van der Waals surface area contributed by atoms with Gasteiger partial charge in [0.2, 0.25) is 12.7 Å². The van der Waals surface area contributed by atoms with E-state index in [0.29, 0.717) is 17.2 Å². The number of benzene rings is 1. The van der Waals surface area contributed by atoms with E-state index >= 15 is 0 Å². The maximum Gasteiger partial charge on any atom is 0.316 e. The molecule has 0 aliphatic carbocycles. The first kappa shape index (κ1) is 13.3. The predicted octanol–water partition coefficient (Wildman–Crippen LogP) is 0.187. The monoisotopic (exact) mass is 285 g/mol. The summed E-state index contributed by atoms with van der Waals surface area (Å²) in [7, 11) is -1.72. The molecule has 1 amide bonds. The molecule has 1 aromatic rings. The average molecular weight is 285 g/mol. The van der Waals surface area contributed by atoms with Gasteiger partial charge in [-0.2, -0.15) is 0 Å². The highest BCUT2D eigenvalue weighted by atomic mass is 32.2. The Kier molecular flexibility index (Phi) is 4.00. The van der Waals surface area contributed by atoms with Gasteiger partial charge in [-0.25, -0.2) is 0 Å². The SMILES string of the molecule is O=C(O)CS(=O)CC(=O)Nc1ccc2c(c1)OCO2. The molecule has 7 nitrogen and oxygen atoms in total. The molecule has 2 rings (SSSR count). The van der Waals surface area contributed by atoms with Crippen LogP contribution in [0.5, 0.6) is 11.5 Å². The fourth-order valence-electron chi connectivity index (χ4n) is 1.51. The molecule has 0 spiro atoms. The van der Waals surface area contributed by atoms with Crippen molar-refractivity contribution in [3.8, 4) is 11.5 Å². The van der Waals surface area contributed by atoms with Crippen molar-refractivity contribution >= 4 is 28.4 Å².